The molecular weight excluding hydrogens is 1120 g/mol. The van der Waals surface area contributed by atoms with Gasteiger partial charge in [-0.3, -0.25) is 11.8 Å². The second-order valence-electron chi connectivity index (χ2n) is 14.5. The van der Waals surface area contributed by atoms with Crippen LogP contribution in [-0.4, -0.2) is 5.90 Å². The van der Waals surface area contributed by atoms with Crippen LogP contribution in [0.2, 0.25) is 0 Å². The minimum absolute atomic E-state index is 0. The Morgan fingerprint density at radius 2 is 0.831 bits per heavy atom. The van der Waals surface area contributed by atoms with Gasteiger partial charge in [-0.25, -0.2) is 0 Å². The molecule has 0 N–H and O–H groups in total. The number of allylic oxidation sites excluding steroid dienone is 4. The largest absolute Gasteiger partial charge is 1.00 e. The summed E-state index contributed by atoms with van der Waals surface area (Å²) < 4.78 is 0. The molecule has 1 atom stereocenters. The molecule has 0 nitrogen and oxygen atoms in total. The van der Waals surface area contributed by atoms with Crippen LogP contribution in [0, 0.1) is 24.7 Å². The van der Waals surface area contributed by atoms with E-state index in [1.165, 1.54) is 79.2 Å². The normalized spacial score (nSPS) is 12.7. The number of hydrogen-bond donors (Lipinski definition) is 0. The van der Waals surface area contributed by atoms with Crippen LogP contribution in [-0.2, 0) is 57.6 Å². The second kappa shape index (κ2) is 21.7. The minimum atomic E-state index is -0.823. The van der Waals surface area contributed by atoms with Gasteiger partial charge in [-0.05, 0) is 108 Å². The molecule has 4 heteroatoms. The molecule has 1 unspecified atom stereocenters. The van der Waals surface area contributed by atoms with Crippen LogP contribution < -0.4 is 15.9 Å². The Labute approximate surface area is 384 Å². The van der Waals surface area contributed by atoms with Crippen molar-refractivity contribution in [2.75, 3.05) is 5.90 Å². The van der Waals surface area contributed by atoms with Crippen LogP contribution in [0.25, 0.3) is 22.3 Å². The molecule has 7 aromatic rings. The Morgan fingerprint density at radius 1 is 0.424 bits per heavy atom. The second-order valence-corrected chi connectivity index (χ2v) is 20.1. The van der Waals surface area contributed by atoms with Crippen LogP contribution in [0.5, 0.6) is 0 Å². The summed E-state index contributed by atoms with van der Waals surface area (Å²) in [7, 11) is -1.62. The topological polar surface area (TPSA) is 0 Å². The zero-order valence-electron chi connectivity index (χ0n) is 32.6. The number of fused-ring (bicyclic) bond motifs is 6. The Bertz CT molecular complexity index is 2490. The summed E-state index contributed by atoms with van der Waals surface area (Å²) in [4.78, 5) is 0. The van der Waals surface area contributed by atoms with E-state index in [0.717, 1.165) is 24.0 Å². The van der Waals surface area contributed by atoms with E-state index >= 15 is 0 Å². The summed E-state index contributed by atoms with van der Waals surface area (Å²) in [5.41, 5.74) is 12.2. The van der Waals surface area contributed by atoms with Gasteiger partial charge in [0, 0.05) is 0 Å². The zero-order valence-corrected chi connectivity index (χ0v) is 38.9. The fourth-order valence-corrected chi connectivity index (χ4v) is 16.1. The predicted molar refractivity (Wildman–Crippen MR) is 248 cm³/mol. The van der Waals surface area contributed by atoms with Crippen molar-refractivity contribution >= 4 is 31.8 Å². The number of rotatable bonds is 6. The van der Waals surface area contributed by atoms with Crippen molar-refractivity contribution in [3.8, 4) is 34.1 Å². The van der Waals surface area contributed by atoms with E-state index in [9.17, 15) is 0 Å². The molecule has 7 aromatic carbocycles. The van der Waals surface area contributed by atoms with Gasteiger partial charge in [0.1, 0.15) is 31.8 Å². The maximum atomic E-state index is 7.27. The summed E-state index contributed by atoms with van der Waals surface area (Å²) in [5.74, 6) is 6.31. The van der Waals surface area contributed by atoms with Gasteiger partial charge in [0.05, 0.1) is 5.31 Å². The molecule has 10 rings (SSSR count). The maximum absolute atomic E-state index is 7.27. The van der Waals surface area contributed by atoms with Crippen molar-refractivity contribution < 1.29 is 44.8 Å². The predicted octanol–water partition coefficient (Wildman–Crippen LogP) is 12.0. The first-order valence-electron chi connectivity index (χ1n) is 19.7. The first kappa shape index (κ1) is 44.0. The summed E-state index contributed by atoms with van der Waals surface area (Å²) in [5, 5.41) is 6.17. The Balaban J connectivity index is 0.000000156. The van der Waals surface area contributed by atoms with E-state index < -0.39 is 15.8 Å². The Morgan fingerprint density at radius 3 is 1.25 bits per heavy atom. The summed E-state index contributed by atoms with van der Waals surface area (Å²) >= 11 is 0. The summed E-state index contributed by atoms with van der Waals surface area (Å²) in [6.45, 7) is 0. The minimum Gasteiger partial charge on any atom is -0.366 e. The molecule has 0 amide bonds. The van der Waals surface area contributed by atoms with Crippen molar-refractivity contribution in [2.45, 2.75) is 25.7 Å². The smallest absolute Gasteiger partial charge is 0.366 e. The van der Waals surface area contributed by atoms with Crippen LogP contribution in [0.15, 0.2) is 199 Å². The third-order valence-corrected chi connectivity index (χ3v) is 18.0. The van der Waals surface area contributed by atoms with Crippen molar-refractivity contribution in [1.82, 2.24) is 0 Å². The summed E-state index contributed by atoms with van der Waals surface area (Å²) in [6, 6.07) is 62.6. The van der Waals surface area contributed by atoms with Gasteiger partial charge >= 0.3 is 44.8 Å². The number of benzene rings is 7. The fraction of sp³-hybridized carbons (Fsp3) is 0.0909. The molecule has 0 spiro atoms. The third kappa shape index (κ3) is 10.3. The molecular formula is C55H44Au2P2+2. The van der Waals surface area contributed by atoms with E-state index in [0.29, 0.717) is 0 Å². The Kier molecular flexibility index (Phi) is 16.2. The first-order valence-corrected chi connectivity index (χ1v) is 23.1. The molecule has 0 bridgehead atoms. The maximum Gasteiger partial charge on any atom is 1.00 e. The standard InChI is InChI=1S/C25H24P2.2C15H9.2Au/c1-5-13-22(14-6-1)26(23-15-7-2-8-16-23)21-27(24-17-9-3-10-18-24)25-19-11-4-12-20-25;2*1-2-11-7-5-9-14-13-8-4-3-6-12(13)10-15(11)14;;/h1-3,5-11,13-20H,4,12,21H2;2*3-9H,10H2;;/q;2*-1;2*+1/p+2. The average molecular weight is 1160 g/mol. The third-order valence-electron chi connectivity index (χ3n) is 11.0. The Hall–Kier alpha value is -4.52. The molecule has 0 aromatic heterocycles. The van der Waals surface area contributed by atoms with Gasteiger partial charge in [-0.15, -0.1) is 34.4 Å². The van der Waals surface area contributed by atoms with Crippen LogP contribution >= 0.6 is 15.8 Å². The van der Waals surface area contributed by atoms with E-state index in [4.69, 9.17) is 12.8 Å². The molecule has 0 heterocycles. The van der Waals surface area contributed by atoms with Crippen molar-refractivity contribution in [1.29, 1.82) is 0 Å². The van der Waals surface area contributed by atoms with Gasteiger partial charge < -0.3 is 12.8 Å². The first-order chi connectivity index (χ1) is 28.2. The van der Waals surface area contributed by atoms with Gasteiger partial charge in [0.15, 0.2) is 5.90 Å². The van der Waals surface area contributed by atoms with Crippen LogP contribution in [0.3, 0.4) is 0 Å². The van der Waals surface area contributed by atoms with E-state index in [1.807, 2.05) is 24.3 Å². The van der Waals surface area contributed by atoms with E-state index in [-0.39, 0.29) is 44.8 Å². The quantitative estimate of drug-likeness (QED) is 0.0674. The molecule has 3 aliphatic carbocycles. The van der Waals surface area contributed by atoms with Gasteiger partial charge in [0.2, 0.25) is 0 Å². The molecule has 3 aliphatic rings. The summed E-state index contributed by atoms with van der Waals surface area (Å²) in [6.07, 6.45) is 26.0. The van der Waals surface area contributed by atoms with Gasteiger partial charge in [-0.2, -0.15) is 0 Å². The fourth-order valence-electron chi connectivity index (χ4n) is 8.22. The van der Waals surface area contributed by atoms with Crippen molar-refractivity contribution in [3.63, 3.8) is 0 Å². The molecule has 0 saturated carbocycles. The molecule has 0 aliphatic heterocycles. The van der Waals surface area contributed by atoms with Crippen molar-refractivity contribution in [2.24, 2.45) is 0 Å². The van der Waals surface area contributed by atoms with Crippen molar-refractivity contribution in [3.05, 3.63) is 246 Å². The molecule has 59 heavy (non-hydrogen) atoms. The molecule has 0 fully saturated rings. The molecule has 294 valence electrons. The monoisotopic (exact) mass is 1160 g/mol. The molecule has 0 radical (unpaired) electrons. The van der Waals surface area contributed by atoms with E-state index in [2.05, 4.69) is 182 Å². The van der Waals surface area contributed by atoms with E-state index in [1.54, 1.807) is 5.31 Å². The molecule has 0 saturated heterocycles. The van der Waals surface area contributed by atoms with Gasteiger partial charge in [0.25, 0.3) is 0 Å². The number of hydrogen-bond acceptors (Lipinski definition) is 0. The SMILES string of the molecule is C1=CC([PH+](C[PH+](c2ccccc2)c2ccccc2)c2ccccc2)=CCC1.[Au+].[Au+].[C-]#Cc1cccc2c1Cc1ccccc1-2.[C-]#Cc1cccc2c1Cc1ccccc1-2. The van der Waals surface area contributed by atoms with Gasteiger partial charge in [-0.1, -0.05) is 133 Å². The van der Waals surface area contributed by atoms with Crippen LogP contribution in [0.1, 0.15) is 46.2 Å². The average Bonchev–Trinajstić information content (AvgIpc) is 3.87. The zero-order chi connectivity index (χ0) is 38.8. The van der Waals surface area contributed by atoms with Crippen LogP contribution in [0.4, 0.5) is 0 Å².